The molecule has 0 saturated carbocycles. The minimum atomic E-state index is 0.625. The first-order valence-corrected chi connectivity index (χ1v) is 6.56. The van der Waals surface area contributed by atoms with Crippen LogP contribution in [-0.4, -0.2) is 12.1 Å². The van der Waals surface area contributed by atoms with Crippen molar-refractivity contribution in [1.82, 2.24) is 5.32 Å². The van der Waals surface area contributed by atoms with Gasteiger partial charge in [-0.2, -0.15) is 0 Å². The molecule has 0 radical (unpaired) electrons. The van der Waals surface area contributed by atoms with Gasteiger partial charge in [0.05, 0.1) is 0 Å². The van der Waals surface area contributed by atoms with E-state index in [0.717, 1.165) is 6.42 Å². The molecule has 1 aromatic rings. The third-order valence-corrected chi connectivity index (χ3v) is 3.09. The zero-order valence-electron chi connectivity index (χ0n) is 10.9. The Morgan fingerprint density at radius 2 is 1.81 bits per heavy atom. The highest BCUT2D eigenvalue weighted by Gasteiger charge is 2.10. The van der Waals surface area contributed by atoms with Crippen molar-refractivity contribution in [2.45, 2.75) is 58.5 Å². The van der Waals surface area contributed by atoms with Gasteiger partial charge in [-0.3, -0.25) is 0 Å². The van der Waals surface area contributed by atoms with Gasteiger partial charge in [0.2, 0.25) is 0 Å². The molecule has 90 valence electrons. The molecule has 1 aromatic carbocycles. The van der Waals surface area contributed by atoms with Gasteiger partial charge >= 0.3 is 0 Å². The van der Waals surface area contributed by atoms with Gasteiger partial charge in [-0.05, 0) is 31.7 Å². The van der Waals surface area contributed by atoms with Crippen LogP contribution in [0.1, 0.15) is 45.6 Å². The summed E-state index contributed by atoms with van der Waals surface area (Å²) in [6, 6.07) is 12.0. The molecule has 0 aliphatic rings. The molecule has 0 spiro atoms. The predicted molar refractivity (Wildman–Crippen MR) is 71.7 cm³/mol. The van der Waals surface area contributed by atoms with Crippen LogP contribution in [-0.2, 0) is 6.42 Å². The lowest BCUT2D eigenvalue weighted by Crippen LogP contribution is -2.37. The van der Waals surface area contributed by atoms with Gasteiger partial charge in [-0.25, -0.2) is 0 Å². The first-order valence-electron chi connectivity index (χ1n) is 6.56. The molecule has 1 N–H and O–H groups in total. The molecule has 16 heavy (non-hydrogen) atoms. The molecule has 2 atom stereocenters. The molecule has 0 aliphatic heterocycles. The van der Waals surface area contributed by atoms with E-state index in [1.54, 1.807) is 0 Å². The Bertz CT molecular complexity index is 268. The molecule has 1 heteroatoms. The Morgan fingerprint density at radius 3 is 2.38 bits per heavy atom. The van der Waals surface area contributed by atoms with E-state index in [1.807, 2.05) is 0 Å². The van der Waals surface area contributed by atoms with Crippen LogP contribution in [0.4, 0.5) is 0 Å². The molecular formula is C15H25N. The second-order valence-corrected chi connectivity index (χ2v) is 4.65. The summed E-state index contributed by atoms with van der Waals surface area (Å²) in [6.45, 7) is 6.77. The third-order valence-electron chi connectivity index (χ3n) is 3.09. The van der Waals surface area contributed by atoms with Crippen molar-refractivity contribution in [2.75, 3.05) is 0 Å². The first-order chi connectivity index (χ1) is 7.76. The van der Waals surface area contributed by atoms with Crippen molar-refractivity contribution in [2.24, 2.45) is 0 Å². The largest absolute Gasteiger partial charge is 0.311 e. The van der Waals surface area contributed by atoms with Crippen LogP contribution in [0.2, 0.25) is 0 Å². The average Bonchev–Trinajstić information content (AvgIpc) is 2.30. The molecule has 0 aliphatic carbocycles. The fourth-order valence-electron chi connectivity index (χ4n) is 2.01. The summed E-state index contributed by atoms with van der Waals surface area (Å²) in [5.41, 5.74) is 1.44. The zero-order chi connectivity index (χ0) is 11.8. The van der Waals surface area contributed by atoms with E-state index in [4.69, 9.17) is 0 Å². The molecule has 1 nitrogen and oxygen atoms in total. The van der Waals surface area contributed by atoms with E-state index in [1.165, 1.54) is 24.8 Å². The third kappa shape index (κ3) is 4.80. The fourth-order valence-corrected chi connectivity index (χ4v) is 2.01. The minimum Gasteiger partial charge on any atom is -0.311 e. The van der Waals surface area contributed by atoms with E-state index in [9.17, 15) is 0 Å². The molecule has 2 unspecified atom stereocenters. The van der Waals surface area contributed by atoms with Crippen molar-refractivity contribution in [1.29, 1.82) is 0 Å². The maximum atomic E-state index is 3.72. The topological polar surface area (TPSA) is 12.0 Å². The van der Waals surface area contributed by atoms with Crippen molar-refractivity contribution in [3.8, 4) is 0 Å². The number of hydrogen-bond acceptors (Lipinski definition) is 1. The fraction of sp³-hybridized carbons (Fsp3) is 0.600. The molecule has 0 amide bonds. The maximum absolute atomic E-state index is 3.72. The van der Waals surface area contributed by atoms with E-state index in [-0.39, 0.29) is 0 Å². The number of benzene rings is 1. The molecule has 0 aromatic heterocycles. The van der Waals surface area contributed by atoms with E-state index < -0.39 is 0 Å². The minimum absolute atomic E-state index is 0.625. The molecule has 0 saturated heterocycles. The standard InChI is InChI=1S/C15H25N/c1-4-9-15(16-13(3)5-2)12-14-10-7-6-8-11-14/h6-8,10-11,13,15-16H,4-5,9,12H2,1-3H3. The van der Waals surface area contributed by atoms with Gasteiger partial charge in [0.1, 0.15) is 0 Å². The Labute approximate surface area is 100 Å². The normalized spacial score (nSPS) is 14.7. The van der Waals surface area contributed by atoms with Gasteiger partial charge in [0.25, 0.3) is 0 Å². The summed E-state index contributed by atoms with van der Waals surface area (Å²) < 4.78 is 0. The molecule has 0 heterocycles. The van der Waals surface area contributed by atoms with E-state index >= 15 is 0 Å². The van der Waals surface area contributed by atoms with Gasteiger partial charge in [-0.1, -0.05) is 50.6 Å². The molecule has 0 bridgehead atoms. The lowest BCUT2D eigenvalue weighted by Gasteiger charge is -2.22. The second kappa shape index (κ2) is 7.45. The number of rotatable bonds is 7. The monoisotopic (exact) mass is 219 g/mol. The molecule has 0 fully saturated rings. The van der Waals surface area contributed by atoms with Gasteiger partial charge in [0, 0.05) is 12.1 Å². The van der Waals surface area contributed by atoms with Crippen LogP contribution < -0.4 is 5.32 Å². The number of nitrogens with one attached hydrogen (secondary N) is 1. The lowest BCUT2D eigenvalue weighted by molar-refractivity contribution is 0.410. The van der Waals surface area contributed by atoms with Crippen LogP contribution in [0.3, 0.4) is 0 Å². The summed E-state index contributed by atoms with van der Waals surface area (Å²) in [7, 11) is 0. The van der Waals surface area contributed by atoms with Crippen molar-refractivity contribution >= 4 is 0 Å². The summed E-state index contributed by atoms with van der Waals surface area (Å²) in [5, 5.41) is 3.72. The average molecular weight is 219 g/mol. The Balaban J connectivity index is 2.50. The van der Waals surface area contributed by atoms with Crippen LogP contribution in [0.15, 0.2) is 30.3 Å². The highest BCUT2D eigenvalue weighted by Crippen LogP contribution is 2.08. The lowest BCUT2D eigenvalue weighted by atomic mass is 10.0. The van der Waals surface area contributed by atoms with Crippen molar-refractivity contribution < 1.29 is 0 Å². The van der Waals surface area contributed by atoms with Gasteiger partial charge in [0.15, 0.2) is 0 Å². The highest BCUT2D eigenvalue weighted by atomic mass is 14.9. The van der Waals surface area contributed by atoms with E-state index in [0.29, 0.717) is 12.1 Å². The first kappa shape index (κ1) is 13.2. The van der Waals surface area contributed by atoms with Crippen LogP contribution in [0.5, 0.6) is 0 Å². The summed E-state index contributed by atoms with van der Waals surface area (Å²) in [4.78, 5) is 0. The smallest absolute Gasteiger partial charge is 0.0110 e. The predicted octanol–water partition coefficient (Wildman–Crippen LogP) is 3.79. The summed E-state index contributed by atoms with van der Waals surface area (Å²) >= 11 is 0. The van der Waals surface area contributed by atoms with Crippen LogP contribution in [0, 0.1) is 0 Å². The SMILES string of the molecule is CCCC(Cc1ccccc1)NC(C)CC. The summed E-state index contributed by atoms with van der Waals surface area (Å²) in [5.74, 6) is 0. The Hall–Kier alpha value is -0.820. The molecule has 1 rings (SSSR count). The van der Waals surface area contributed by atoms with Crippen LogP contribution >= 0.6 is 0 Å². The second-order valence-electron chi connectivity index (χ2n) is 4.65. The van der Waals surface area contributed by atoms with Gasteiger partial charge in [-0.15, -0.1) is 0 Å². The van der Waals surface area contributed by atoms with Gasteiger partial charge < -0.3 is 5.32 Å². The zero-order valence-corrected chi connectivity index (χ0v) is 10.9. The Morgan fingerprint density at radius 1 is 1.12 bits per heavy atom. The highest BCUT2D eigenvalue weighted by molar-refractivity contribution is 5.15. The maximum Gasteiger partial charge on any atom is 0.0110 e. The van der Waals surface area contributed by atoms with Crippen molar-refractivity contribution in [3.63, 3.8) is 0 Å². The van der Waals surface area contributed by atoms with Crippen molar-refractivity contribution in [3.05, 3.63) is 35.9 Å². The quantitative estimate of drug-likeness (QED) is 0.736. The number of hydrogen-bond donors (Lipinski definition) is 1. The molecular weight excluding hydrogens is 194 g/mol. The van der Waals surface area contributed by atoms with E-state index in [2.05, 4.69) is 56.4 Å². The Kier molecular flexibility index (Phi) is 6.17. The van der Waals surface area contributed by atoms with Crippen LogP contribution in [0.25, 0.3) is 0 Å². The summed E-state index contributed by atoms with van der Waals surface area (Å²) in [6.07, 6.45) is 4.87.